The molecule has 1 atom stereocenters. The molecule has 3 heterocycles. The van der Waals surface area contributed by atoms with Gasteiger partial charge in [-0.05, 0) is 49.9 Å². The van der Waals surface area contributed by atoms with Crippen LogP contribution < -0.4 is 5.32 Å². The molecule has 6 rings (SSSR count). The van der Waals surface area contributed by atoms with E-state index in [1.165, 1.54) is 19.3 Å². The number of nitrogens with one attached hydrogen (secondary N) is 1. The Hall–Kier alpha value is -3.35. The molecule has 188 valence electrons. The van der Waals surface area contributed by atoms with Gasteiger partial charge in [0.25, 0.3) is 5.91 Å². The highest BCUT2D eigenvalue weighted by molar-refractivity contribution is 6.01. The SMILES string of the molecule is O=C(NC1CCCCCC1)C1c2cccn2-c2c(cnn2-c2ccccc2)C(=O)N1C1CCCCC1. The summed E-state index contributed by atoms with van der Waals surface area (Å²) in [7, 11) is 0. The van der Waals surface area contributed by atoms with Gasteiger partial charge in [-0.2, -0.15) is 5.10 Å². The number of para-hydroxylation sites is 1. The topological polar surface area (TPSA) is 72.2 Å². The van der Waals surface area contributed by atoms with E-state index in [0.29, 0.717) is 11.4 Å². The summed E-state index contributed by atoms with van der Waals surface area (Å²) >= 11 is 0. The lowest BCUT2D eigenvalue weighted by molar-refractivity contribution is -0.127. The molecule has 2 saturated carbocycles. The van der Waals surface area contributed by atoms with E-state index in [4.69, 9.17) is 0 Å². The van der Waals surface area contributed by atoms with Crippen LogP contribution in [0.25, 0.3) is 11.5 Å². The highest BCUT2D eigenvalue weighted by Gasteiger charge is 2.43. The molecule has 1 aromatic carbocycles. The molecular formula is C29H35N5O2. The number of carbonyl (C=O) groups excluding carboxylic acids is 2. The number of nitrogens with zero attached hydrogens (tertiary/aromatic N) is 4. The Morgan fingerprint density at radius 1 is 0.861 bits per heavy atom. The summed E-state index contributed by atoms with van der Waals surface area (Å²) in [5.74, 6) is 0.561. The van der Waals surface area contributed by atoms with Crippen molar-refractivity contribution >= 4 is 11.8 Å². The van der Waals surface area contributed by atoms with Gasteiger partial charge in [0.15, 0.2) is 11.9 Å². The molecule has 0 radical (unpaired) electrons. The lowest BCUT2D eigenvalue weighted by Crippen LogP contribution is -2.50. The van der Waals surface area contributed by atoms with Gasteiger partial charge in [-0.3, -0.25) is 9.59 Å². The fraction of sp³-hybridized carbons (Fsp3) is 0.483. The average Bonchev–Trinajstić information content (AvgIpc) is 3.46. The van der Waals surface area contributed by atoms with E-state index in [9.17, 15) is 9.59 Å². The number of hydrogen-bond donors (Lipinski definition) is 1. The maximum atomic E-state index is 14.3. The third-order valence-corrected chi connectivity index (χ3v) is 8.19. The summed E-state index contributed by atoms with van der Waals surface area (Å²) in [6, 6.07) is 13.4. The third-order valence-electron chi connectivity index (χ3n) is 8.19. The van der Waals surface area contributed by atoms with Crippen LogP contribution in [0.4, 0.5) is 0 Å². The van der Waals surface area contributed by atoms with Crippen molar-refractivity contribution in [3.05, 3.63) is 66.1 Å². The molecule has 0 saturated heterocycles. The summed E-state index contributed by atoms with van der Waals surface area (Å²) in [6.45, 7) is 0. The van der Waals surface area contributed by atoms with Gasteiger partial charge < -0.3 is 14.8 Å². The molecule has 1 N–H and O–H groups in total. The number of aromatic nitrogens is 3. The van der Waals surface area contributed by atoms with Crippen LogP contribution in [0.15, 0.2) is 54.9 Å². The first-order chi connectivity index (χ1) is 17.7. The number of rotatable bonds is 4. The second-order valence-electron chi connectivity index (χ2n) is 10.5. The second-order valence-corrected chi connectivity index (χ2v) is 10.5. The van der Waals surface area contributed by atoms with Crippen LogP contribution >= 0.6 is 0 Å². The van der Waals surface area contributed by atoms with Crippen molar-refractivity contribution in [3.8, 4) is 11.5 Å². The van der Waals surface area contributed by atoms with Crippen LogP contribution in [0, 0.1) is 0 Å². The van der Waals surface area contributed by atoms with Crippen LogP contribution in [0.3, 0.4) is 0 Å². The fourth-order valence-electron chi connectivity index (χ4n) is 6.39. The Balaban J connectivity index is 1.46. The fourth-order valence-corrected chi connectivity index (χ4v) is 6.39. The zero-order valence-electron chi connectivity index (χ0n) is 20.8. The maximum Gasteiger partial charge on any atom is 0.260 e. The first kappa shape index (κ1) is 23.1. The molecular weight excluding hydrogens is 450 g/mol. The van der Waals surface area contributed by atoms with Gasteiger partial charge >= 0.3 is 0 Å². The number of fused-ring (bicyclic) bond motifs is 3. The molecule has 36 heavy (non-hydrogen) atoms. The Labute approximate surface area is 212 Å². The van der Waals surface area contributed by atoms with Crippen LogP contribution in [-0.4, -0.2) is 43.1 Å². The van der Waals surface area contributed by atoms with E-state index < -0.39 is 6.04 Å². The Kier molecular flexibility index (Phi) is 6.38. The van der Waals surface area contributed by atoms with E-state index in [2.05, 4.69) is 10.4 Å². The largest absolute Gasteiger partial charge is 0.351 e. The van der Waals surface area contributed by atoms with Crippen LogP contribution in [0.2, 0.25) is 0 Å². The summed E-state index contributed by atoms with van der Waals surface area (Å²) in [4.78, 5) is 30.3. The summed E-state index contributed by atoms with van der Waals surface area (Å²) < 4.78 is 3.83. The molecule has 0 bridgehead atoms. The molecule has 2 aliphatic carbocycles. The molecule has 2 fully saturated rings. The molecule has 1 unspecified atom stereocenters. The summed E-state index contributed by atoms with van der Waals surface area (Å²) in [5, 5.41) is 8.01. The second kappa shape index (κ2) is 9.96. The Morgan fingerprint density at radius 3 is 2.31 bits per heavy atom. The van der Waals surface area contributed by atoms with E-state index in [0.717, 1.165) is 62.7 Å². The van der Waals surface area contributed by atoms with E-state index >= 15 is 0 Å². The highest BCUT2D eigenvalue weighted by atomic mass is 16.2. The molecule has 0 spiro atoms. The van der Waals surface area contributed by atoms with E-state index in [1.807, 2.05) is 62.8 Å². The predicted molar refractivity (Wildman–Crippen MR) is 138 cm³/mol. The van der Waals surface area contributed by atoms with Crippen LogP contribution in [0.5, 0.6) is 0 Å². The van der Waals surface area contributed by atoms with Gasteiger partial charge in [0.2, 0.25) is 5.91 Å². The van der Waals surface area contributed by atoms with Crippen LogP contribution in [-0.2, 0) is 4.79 Å². The minimum Gasteiger partial charge on any atom is -0.351 e. The molecule has 3 aromatic rings. The van der Waals surface area contributed by atoms with Crippen molar-refractivity contribution in [2.24, 2.45) is 0 Å². The standard InChI is InChI=1S/C29H35N5O2/c35-27(31-21-12-5-1-2-6-13-21)26-25-18-11-19-32(25)28-24(20-30-34(28)23-16-9-4-10-17-23)29(36)33(26)22-14-7-3-8-15-22/h4,9-11,16-22,26H,1-3,5-8,12-15H2,(H,31,35). The Bertz CT molecular complexity index is 1220. The molecule has 7 nitrogen and oxygen atoms in total. The van der Waals surface area contributed by atoms with Crippen molar-refractivity contribution in [1.82, 2.24) is 24.6 Å². The number of hydrogen-bond acceptors (Lipinski definition) is 3. The Morgan fingerprint density at radius 2 is 1.56 bits per heavy atom. The smallest absolute Gasteiger partial charge is 0.260 e. The summed E-state index contributed by atoms with van der Waals surface area (Å²) in [6.07, 6.45) is 15.6. The first-order valence-corrected chi connectivity index (χ1v) is 13.7. The van der Waals surface area contributed by atoms with E-state index in [1.54, 1.807) is 6.20 Å². The summed E-state index contributed by atoms with van der Waals surface area (Å²) in [5.41, 5.74) is 2.26. The highest BCUT2D eigenvalue weighted by Crippen LogP contribution is 2.38. The van der Waals surface area contributed by atoms with Gasteiger partial charge in [-0.15, -0.1) is 0 Å². The van der Waals surface area contributed by atoms with Gasteiger partial charge in [0.05, 0.1) is 17.6 Å². The first-order valence-electron chi connectivity index (χ1n) is 13.7. The maximum absolute atomic E-state index is 14.3. The van der Waals surface area contributed by atoms with Crippen molar-refractivity contribution < 1.29 is 9.59 Å². The predicted octanol–water partition coefficient (Wildman–Crippen LogP) is 5.33. The van der Waals surface area contributed by atoms with Crippen LogP contribution in [0.1, 0.15) is 92.7 Å². The lowest BCUT2D eigenvalue weighted by Gasteiger charge is -2.38. The number of benzene rings is 1. The number of carbonyl (C=O) groups is 2. The minimum atomic E-state index is -0.657. The third kappa shape index (κ3) is 4.14. The van der Waals surface area contributed by atoms with Gasteiger partial charge in [0.1, 0.15) is 5.56 Å². The van der Waals surface area contributed by atoms with Gasteiger partial charge in [0, 0.05) is 18.3 Å². The monoisotopic (exact) mass is 485 g/mol. The normalized spacial score (nSPS) is 21.4. The van der Waals surface area contributed by atoms with Gasteiger partial charge in [-0.25, -0.2) is 4.68 Å². The molecule has 1 aliphatic heterocycles. The van der Waals surface area contributed by atoms with Crippen molar-refractivity contribution in [2.75, 3.05) is 0 Å². The number of amides is 2. The quantitative estimate of drug-likeness (QED) is 0.508. The zero-order valence-corrected chi connectivity index (χ0v) is 20.8. The molecule has 7 heteroatoms. The van der Waals surface area contributed by atoms with Crippen molar-refractivity contribution in [1.29, 1.82) is 0 Å². The van der Waals surface area contributed by atoms with Gasteiger partial charge in [-0.1, -0.05) is 63.1 Å². The molecule has 2 amide bonds. The zero-order chi connectivity index (χ0) is 24.5. The molecule has 3 aliphatic rings. The van der Waals surface area contributed by atoms with Crippen molar-refractivity contribution in [3.63, 3.8) is 0 Å². The van der Waals surface area contributed by atoms with E-state index in [-0.39, 0.29) is 23.9 Å². The van der Waals surface area contributed by atoms with Crippen molar-refractivity contribution in [2.45, 2.75) is 88.8 Å². The lowest BCUT2D eigenvalue weighted by atomic mass is 9.92. The minimum absolute atomic E-state index is 0.0468. The average molecular weight is 486 g/mol. The molecule has 2 aromatic heterocycles.